The van der Waals surface area contributed by atoms with Crippen LogP contribution in [0, 0.1) is 5.75 Å². The van der Waals surface area contributed by atoms with E-state index >= 15 is 0 Å². The van der Waals surface area contributed by atoms with Crippen molar-refractivity contribution in [1.82, 2.24) is 0 Å². The Morgan fingerprint density at radius 1 is 1.33 bits per heavy atom. The lowest BCUT2D eigenvalue weighted by molar-refractivity contribution is 0.600. The number of hydrogen-bond donors (Lipinski definition) is 0. The van der Waals surface area contributed by atoms with E-state index in [1.54, 1.807) is 6.92 Å². The minimum atomic E-state index is -2.81. The van der Waals surface area contributed by atoms with E-state index in [1.807, 2.05) is 6.92 Å². The molecule has 0 fully saturated rings. The topological polar surface area (TPSA) is 34.1 Å². The van der Waals surface area contributed by atoms with Crippen molar-refractivity contribution >= 4 is 9.84 Å². The van der Waals surface area contributed by atoms with Crippen molar-refractivity contribution in [3.63, 3.8) is 0 Å². The Labute approximate surface area is 57.2 Å². The van der Waals surface area contributed by atoms with Crippen molar-refractivity contribution in [2.45, 2.75) is 26.7 Å². The average molecular weight is 149 g/mol. The van der Waals surface area contributed by atoms with Crippen LogP contribution in [0.2, 0.25) is 0 Å². The minimum absolute atomic E-state index is 0.229. The molecule has 0 aliphatic heterocycles. The van der Waals surface area contributed by atoms with Gasteiger partial charge in [0.2, 0.25) is 0 Å². The van der Waals surface area contributed by atoms with Crippen molar-refractivity contribution in [3.05, 3.63) is 5.75 Å². The van der Waals surface area contributed by atoms with Crippen LogP contribution in [-0.4, -0.2) is 14.2 Å². The molecule has 0 aliphatic carbocycles. The second-order valence-electron chi connectivity index (χ2n) is 1.91. The fraction of sp³-hybridized carbons (Fsp3) is 0.833. The van der Waals surface area contributed by atoms with E-state index in [-0.39, 0.29) is 5.75 Å². The summed E-state index contributed by atoms with van der Waals surface area (Å²) in [6.45, 7) is 3.61. The van der Waals surface area contributed by atoms with E-state index in [0.717, 1.165) is 6.42 Å². The van der Waals surface area contributed by atoms with Crippen LogP contribution in [0.25, 0.3) is 0 Å². The maximum atomic E-state index is 10.7. The molecule has 3 heteroatoms. The lowest BCUT2D eigenvalue weighted by atomic mass is 10.4. The zero-order chi connectivity index (χ0) is 7.33. The van der Waals surface area contributed by atoms with Gasteiger partial charge in [-0.05, 0) is 6.42 Å². The van der Waals surface area contributed by atoms with Gasteiger partial charge in [0.1, 0.15) is 0 Å². The predicted octanol–water partition coefficient (Wildman–Crippen LogP) is 1.38. The smallest absolute Gasteiger partial charge is 0.154 e. The molecule has 0 saturated carbocycles. The molecule has 0 N–H and O–H groups in total. The molecule has 0 heterocycles. The first-order valence-electron chi connectivity index (χ1n) is 3.18. The van der Waals surface area contributed by atoms with Gasteiger partial charge in [0.15, 0.2) is 9.84 Å². The van der Waals surface area contributed by atoms with Gasteiger partial charge < -0.3 is 0 Å². The second kappa shape index (κ2) is 3.88. The number of unbranched alkanes of at least 4 members (excludes halogenated alkanes) is 1. The summed E-state index contributed by atoms with van der Waals surface area (Å²) in [7, 11) is -2.81. The third-order valence-corrected chi connectivity index (χ3v) is 2.61. The summed E-state index contributed by atoms with van der Waals surface area (Å²) in [4.78, 5) is 0. The highest BCUT2D eigenvalue weighted by Gasteiger charge is 2.04. The quantitative estimate of drug-likeness (QED) is 0.605. The molecule has 0 aromatic rings. The highest BCUT2D eigenvalue weighted by molar-refractivity contribution is 7.93. The normalized spacial score (nSPS) is 11.8. The van der Waals surface area contributed by atoms with Gasteiger partial charge in [-0.25, -0.2) is 8.42 Å². The molecular weight excluding hydrogens is 136 g/mol. The highest BCUT2D eigenvalue weighted by Crippen LogP contribution is 2.01. The van der Waals surface area contributed by atoms with E-state index in [2.05, 4.69) is 0 Å². The van der Waals surface area contributed by atoms with Gasteiger partial charge in [-0.2, -0.15) is 0 Å². The van der Waals surface area contributed by atoms with Crippen LogP contribution < -0.4 is 0 Å². The van der Waals surface area contributed by atoms with Gasteiger partial charge in [-0.15, -0.1) is 0 Å². The minimum Gasteiger partial charge on any atom is -0.229 e. The lowest BCUT2D eigenvalue weighted by Gasteiger charge is -1.95. The zero-order valence-corrected chi connectivity index (χ0v) is 6.74. The van der Waals surface area contributed by atoms with E-state index in [0.29, 0.717) is 6.42 Å². The molecule has 0 saturated heterocycles. The largest absolute Gasteiger partial charge is 0.229 e. The van der Waals surface area contributed by atoms with Crippen LogP contribution in [-0.2, 0) is 9.84 Å². The first-order valence-corrected chi connectivity index (χ1v) is 4.90. The summed E-state index contributed by atoms with van der Waals surface area (Å²) in [5.74, 6) is 1.62. The summed E-state index contributed by atoms with van der Waals surface area (Å²) < 4.78 is 21.4. The fourth-order valence-electron chi connectivity index (χ4n) is 0.415. The number of sulfone groups is 1. The van der Waals surface area contributed by atoms with E-state index in [1.165, 1.54) is 5.75 Å². The van der Waals surface area contributed by atoms with E-state index in [4.69, 9.17) is 0 Å². The van der Waals surface area contributed by atoms with Crippen molar-refractivity contribution in [3.8, 4) is 0 Å². The van der Waals surface area contributed by atoms with Crippen LogP contribution in [0.4, 0.5) is 0 Å². The number of hydrogen-bond acceptors (Lipinski definition) is 2. The molecule has 0 bridgehead atoms. The Bertz CT molecular complexity index is 146. The molecule has 9 heavy (non-hydrogen) atoms. The summed E-state index contributed by atoms with van der Waals surface area (Å²) in [6.07, 6.45) is 1.58. The average Bonchev–Trinajstić information content (AvgIpc) is 1.84. The first kappa shape index (κ1) is 8.95. The molecular formula is C6H13O2S. The molecule has 0 aromatic heterocycles. The Hall–Kier alpha value is -0.0500. The molecule has 0 spiro atoms. The van der Waals surface area contributed by atoms with Crippen LogP contribution in [0.5, 0.6) is 0 Å². The maximum absolute atomic E-state index is 10.7. The molecule has 0 aromatic carbocycles. The lowest BCUT2D eigenvalue weighted by Crippen LogP contribution is -2.02. The Morgan fingerprint density at radius 3 is 2.22 bits per heavy atom. The SMILES string of the molecule is CCC[CH]S(=O)(=O)CC. The van der Waals surface area contributed by atoms with Crippen LogP contribution in [0.1, 0.15) is 26.7 Å². The van der Waals surface area contributed by atoms with Crippen molar-refractivity contribution in [2.75, 3.05) is 5.75 Å². The summed E-state index contributed by atoms with van der Waals surface area (Å²) in [6, 6.07) is 0. The molecule has 0 aliphatic rings. The molecule has 2 nitrogen and oxygen atoms in total. The van der Waals surface area contributed by atoms with E-state index in [9.17, 15) is 8.42 Å². The van der Waals surface area contributed by atoms with Crippen LogP contribution >= 0.6 is 0 Å². The summed E-state index contributed by atoms with van der Waals surface area (Å²) >= 11 is 0. The van der Waals surface area contributed by atoms with Crippen LogP contribution in [0.15, 0.2) is 0 Å². The van der Waals surface area contributed by atoms with Crippen LogP contribution in [0.3, 0.4) is 0 Å². The zero-order valence-electron chi connectivity index (χ0n) is 5.92. The van der Waals surface area contributed by atoms with Gasteiger partial charge in [0, 0.05) is 5.75 Å². The van der Waals surface area contributed by atoms with Crippen molar-refractivity contribution < 1.29 is 8.42 Å². The van der Waals surface area contributed by atoms with Gasteiger partial charge in [0.05, 0.1) is 5.75 Å². The molecule has 0 rings (SSSR count). The molecule has 55 valence electrons. The Balaban J connectivity index is 3.61. The fourth-order valence-corrected chi connectivity index (χ4v) is 1.25. The van der Waals surface area contributed by atoms with Crippen molar-refractivity contribution in [2.24, 2.45) is 0 Å². The van der Waals surface area contributed by atoms with Gasteiger partial charge in [0.25, 0.3) is 0 Å². The Kier molecular flexibility index (Phi) is 3.86. The monoisotopic (exact) mass is 149 g/mol. The molecule has 0 amide bonds. The Morgan fingerprint density at radius 2 is 1.89 bits per heavy atom. The first-order chi connectivity index (χ1) is 4.12. The van der Waals surface area contributed by atoms with Gasteiger partial charge in [-0.3, -0.25) is 0 Å². The standard InChI is InChI=1S/C6H13O2S/c1-3-5-6-9(7,8)4-2/h6H,3-5H2,1-2H3. The molecule has 0 unspecified atom stereocenters. The number of rotatable bonds is 4. The highest BCUT2D eigenvalue weighted by atomic mass is 32.2. The van der Waals surface area contributed by atoms with E-state index < -0.39 is 9.84 Å². The van der Waals surface area contributed by atoms with Gasteiger partial charge in [-0.1, -0.05) is 20.3 Å². The summed E-state index contributed by atoms with van der Waals surface area (Å²) in [5, 5.41) is 0. The second-order valence-corrected chi connectivity index (χ2v) is 4.14. The predicted molar refractivity (Wildman–Crippen MR) is 38.7 cm³/mol. The molecule has 1 radical (unpaired) electrons. The van der Waals surface area contributed by atoms with Crippen molar-refractivity contribution in [1.29, 1.82) is 0 Å². The third-order valence-electron chi connectivity index (χ3n) is 1.06. The maximum Gasteiger partial charge on any atom is 0.154 e. The molecule has 0 atom stereocenters. The summed E-state index contributed by atoms with van der Waals surface area (Å²) in [5.41, 5.74) is 0. The third kappa shape index (κ3) is 4.45. The van der Waals surface area contributed by atoms with Gasteiger partial charge >= 0.3 is 0 Å².